The van der Waals surface area contributed by atoms with Gasteiger partial charge in [0.05, 0.1) is 12.5 Å². The van der Waals surface area contributed by atoms with Gasteiger partial charge in [0.15, 0.2) is 5.65 Å². The Morgan fingerprint density at radius 2 is 2.00 bits per heavy atom. The molecule has 0 unspecified atom stereocenters. The van der Waals surface area contributed by atoms with E-state index >= 15 is 0 Å². The van der Waals surface area contributed by atoms with Gasteiger partial charge in [-0.25, -0.2) is 19.6 Å². The first kappa shape index (κ1) is 13.3. The molecule has 0 radical (unpaired) electrons. The number of hydrogen-bond donors (Lipinski definition) is 1. The topological polar surface area (TPSA) is 91.7 Å². The first-order chi connectivity index (χ1) is 10.1. The van der Waals surface area contributed by atoms with Gasteiger partial charge in [0.25, 0.3) is 0 Å². The van der Waals surface area contributed by atoms with Crippen molar-refractivity contribution in [2.24, 2.45) is 0 Å². The van der Waals surface area contributed by atoms with Crippen molar-refractivity contribution in [1.29, 1.82) is 0 Å². The Hall–Kier alpha value is -2.70. The molecule has 7 heteroatoms. The van der Waals surface area contributed by atoms with Crippen LogP contribution in [-0.2, 0) is 0 Å². The molecule has 0 fully saturated rings. The van der Waals surface area contributed by atoms with Crippen molar-refractivity contribution in [1.82, 2.24) is 24.7 Å². The van der Waals surface area contributed by atoms with Crippen molar-refractivity contribution >= 4 is 16.9 Å². The lowest BCUT2D eigenvalue weighted by Gasteiger charge is -2.05. The number of methoxy groups -OCH3 is 1. The maximum atomic E-state index is 6.01. The summed E-state index contributed by atoms with van der Waals surface area (Å²) in [6.45, 7) is 4.08. The third-order valence-corrected chi connectivity index (χ3v) is 3.23. The van der Waals surface area contributed by atoms with Crippen molar-refractivity contribution in [2.75, 3.05) is 12.8 Å². The summed E-state index contributed by atoms with van der Waals surface area (Å²) in [6, 6.07) is 3.85. The van der Waals surface area contributed by atoms with Crippen LogP contribution >= 0.6 is 0 Å². The second-order valence-corrected chi connectivity index (χ2v) is 4.93. The monoisotopic (exact) mass is 284 g/mol. The Kier molecular flexibility index (Phi) is 3.17. The number of hydrogen-bond acceptors (Lipinski definition) is 6. The van der Waals surface area contributed by atoms with Crippen molar-refractivity contribution in [3.8, 4) is 17.1 Å². The van der Waals surface area contributed by atoms with E-state index in [0.717, 1.165) is 22.3 Å². The number of ether oxygens (including phenoxy) is 1. The predicted octanol–water partition coefficient (Wildman–Crippen LogP) is 2.06. The summed E-state index contributed by atoms with van der Waals surface area (Å²) < 4.78 is 6.91. The molecule has 2 N–H and O–H groups in total. The molecule has 3 aromatic heterocycles. The summed E-state index contributed by atoms with van der Waals surface area (Å²) in [7, 11) is 1.58. The van der Waals surface area contributed by atoms with E-state index in [1.54, 1.807) is 19.4 Å². The van der Waals surface area contributed by atoms with Gasteiger partial charge in [0.1, 0.15) is 17.8 Å². The van der Waals surface area contributed by atoms with Crippen LogP contribution in [0.5, 0.6) is 5.88 Å². The summed E-state index contributed by atoms with van der Waals surface area (Å²) >= 11 is 0. The van der Waals surface area contributed by atoms with Crippen LogP contribution in [0, 0.1) is 0 Å². The smallest absolute Gasteiger partial charge is 0.212 e. The van der Waals surface area contributed by atoms with E-state index in [9.17, 15) is 0 Å². The van der Waals surface area contributed by atoms with Gasteiger partial charge in [0, 0.05) is 23.9 Å². The summed E-state index contributed by atoms with van der Waals surface area (Å²) in [5, 5.41) is 5.38. The summed E-state index contributed by atoms with van der Waals surface area (Å²) in [5.41, 5.74) is 8.32. The van der Waals surface area contributed by atoms with Crippen molar-refractivity contribution in [3.63, 3.8) is 0 Å². The van der Waals surface area contributed by atoms with Gasteiger partial charge in [0.2, 0.25) is 5.88 Å². The number of anilines is 1. The van der Waals surface area contributed by atoms with Crippen LogP contribution in [0.15, 0.2) is 24.7 Å². The van der Waals surface area contributed by atoms with Crippen molar-refractivity contribution in [2.45, 2.75) is 19.9 Å². The zero-order valence-electron chi connectivity index (χ0n) is 12.1. The standard InChI is InChI=1S/C14H16N6O/c1-8(2)20-14-11(13(15)17-7-18-14)12(19-20)9-4-5-10(21-3)16-6-9/h4-8H,1-3H3,(H2,15,17,18). The molecule has 7 nitrogen and oxygen atoms in total. The zero-order valence-corrected chi connectivity index (χ0v) is 12.1. The maximum Gasteiger partial charge on any atom is 0.212 e. The van der Waals surface area contributed by atoms with Crippen LogP contribution in [0.25, 0.3) is 22.3 Å². The van der Waals surface area contributed by atoms with E-state index in [4.69, 9.17) is 10.5 Å². The Balaban J connectivity index is 2.26. The first-order valence-corrected chi connectivity index (χ1v) is 6.61. The molecule has 0 aliphatic carbocycles. The predicted molar refractivity (Wildman–Crippen MR) is 79.9 cm³/mol. The molecule has 0 aliphatic heterocycles. The van der Waals surface area contributed by atoms with E-state index in [1.807, 2.05) is 24.6 Å². The average Bonchev–Trinajstić information content (AvgIpc) is 2.88. The molecular weight excluding hydrogens is 268 g/mol. The van der Waals surface area contributed by atoms with E-state index in [2.05, 4.69) is 20.1 Å². The number of nitrogens with two attached hydrogens (primary N) is 1. The highest BCUT2D eigenvalue weighted by Gasteiger charge is 2.18. The Bertz CT molecular complexity index is 778. The lowest BCUT2D eigenvalue weighted by atomic mass is 10.1. The second kappa shape index (κ2) is 5.01. The molecule has 0 amide bonds. The number of nitrogen functional groups attached to an aromatic ring is 1. The molecule has 3 rings (SSSR count). The van der Waals surface area contributed by atoms with Crippen LogP contribution in [-0.4, -0.2) is 31.8 Å². The number of rotatable bonds is 3. The molecule has 21 heavy (non-hydrogen) atoms. The lowest BCUT2D eigenvalue weighted by molar-refractivity contribution is 0.398. The van der Waals surface area contributed by atoms with Gasteiger partial charge in [-0.15, -0.1) is 0 Å². The largest absolute Gasteiger partial charge is 0.481 e. The number of fused-ring (bicyclic) bond motifs is 1. The Morgan fingerprint density at radius 1 is 1.19 bits per heavy atom. The van der Waals surface area contributed by atoms with Crippen molar-refractivity contribution in [3.05, 3.63) is 24.7 Å². The van der Waals surface area contributed by atoms with Gasteiger partial charge in [-0.1, -0.05) is 0 Å². The summed E-state index contributed by atoms with van der Waals surface area (Å²) in [6.07, 6.45) is 3.16. The highest BCUT2D eigenvalue weighted by atomic mass is 16.5. The molecule has 3 aromatic rings. The highest BCUT2D eigenvalue weighted by Crippen LogP contribution is 2.31. The molecule has 0 atom stereocenters. The van der Waals surface area contributed by atoms with Gasteiger partial charge in [-0.2, -0.15) is 5.10 Å². The Labute approximate surface area is 121 Å². The van der Waals surface area contributed by atoms with Gasteiger partial charge in [-0.3, -0.25) is 0 Å². The Morgan fingerprint density at radius 3 is 2.62 bits per heavy atom. The minimum Gasteiger partial charge on any atom is -0.481 e. The van der Waals surface area contributed by atoms with Gasteiger partial charge >= 0.3 is 0 Å². The van der Waals surface area contributed by atoms with E-state index in [0.29, 0.717) is 11.7 Å². The minimum atomic E-state index is 0.168. The van der Waals surface area contributed by atoms with E-state index in [1.165, 1.54) is 6.33 Å². The molecule has 0 bridgehead atoms. The average molecular weight is 284 g/mol. The summed E-state index contributed by atoms with van der Waals surface area (Å²) in [4.78, 5) is 12.6. The number of nitrogens with zero attached hydrogens (tertiary/aromatic N) is 5. The van der Waals surface area contributed by atoms with Crippen LogP contribution < -0.4 is 10.5 Å². The molecule has 0 aromatic carbocycles. The zero-order chi connectivity index (χ0) is 15.0. The van der Waals surface area contributed by atoms with Gasteiger partial charge in [-0.05, 0) is 19.9 Å². The molecule has 0 aliphatic rings. The van der Waals surface area contributed by atoms with E-state index in [-0.39, 0.29) is 6.04 Å². The third kappa shape index (κ3) is 2.16. The lowest BCUT2D eigenvalue weighted by Crippen LogP contribution is -2.04. The second-order valence-electron chi connectivity index (χ2n) is 4.93. The van der Waals surface area contributed by atoms with Crippen LogP contribution in [0.3, 0.4) is 0 Å². The molecule has 108 valence electrons. The maximum absolute atomic E-state index is 6.01. The van der Waals surface area contributed by atoms with Crippen LogP contribution in [0.2, 0.25) is 0 Å². The van der Waals surface area contributed by atoms with Crippen LogP contribution in [0.1, 0.15) is 19.9 Å². The van der Waals surface area contributed by atoms with Gasteiger partial charge < -0.3 is 10.5 Å². The van der Waals surface area contributed by atoms with E-state index < -0.39 is 0 Å². The number of aromatic nitrogens is 5. The molecule has 3 heterocycles. The molecule has 0 saturated heterocycles. The number of pyridine rings is 1. The normalized spacial score (nSPS) is 11.2. The SMILES string of the molecule is COc1ccc(-c2nn(C(C)C)c3ncnc(N)c23)cn1. The van der Waals surface area contributed by atoms with Crippen molar-refractivity contribution < 1.29 is 4.74 Å². The summed E-state index contributed by atoms with van der Waals surface area (Å²) in [5.74, 6) is 0.966. The fourth-order valence-corrected chi connectivity index (χ4v) is 2.20. The quantitative estimate of drug-likeness (QED) is 0.791. The molecular formula is C14H16N6O. The fraction of sp³-hybridized carbons (Fsp3) is 0.286. The van der Waals surface area contributed by atoms with Crippen LogP contribution in [0.4, 0.5) is 5.82 Å². The fourth-order valence-electron chi connectivity index (χ4n) is 2.20. The molecule has 0 spiro atoms. The third-order valence-electron chi connectivity index (χ3n) is 3.23. The highest BCUT2D eigenvalue weighted by molar-refractivity contribution is 5.98. The first-order valence-electron chi connectivity index (χ1n) is 6.61. The minimum absolute atomic E-state index is 0.168. The molecule has 0 saturated carbocycles.